The van der Waals surface area contributed by atoms with Gasteiger partial charge in [-0.3, -0.25) is 0 Å². The Morgan fingerprint density at radius 3 is 2.60 bits per heavy atom. The van der Waals surface area contributed by atoms with Crippen LogP contribution in [-0.2, 0) is 12.8 Å². The van der Waals surface area contributed by atoms with Crippen molar-refractivity contribution in [1.29, 1.82) is 0 Å². The van der Waals surface area contributed by atoms with Crippen molar-refractivity contribution in [2.24, 2.45) is 0 Å². The number of aryl methyl sites for hydroxylation is 1. The molecule has 2 aromatic carbocycles. The number of nitrogens with one attached hydrogen (secondary N) is 1. The van der Waals surface area contributed by atoms with Gasteiger partial charge in [0.25, 0.3) is 0 Å². The third kappa shape index (κ3) is 3.81. The molecule has 0 aliphatic rings. The van der Waals surface area contributed by atoms with E-state index < -0.39 is 0 Å². The van der Waals surface area contributed by atoms with Crippen LogP contribution in [0.1, 0.15) is 16.7 Å². The monoisotopic (exact) mass is 291 g/mol. The van der Waals surface area contributed by atoms with Crippen LogP contribution in [0.25, 0.3) is 0 Å². The minimum absolute atomic E-state index is 0.232. The number of benzene rings is 2. The van der Waals surface area contributed by atoms with Gasteiger partial charge in [-0.15, -0.1) is 0 Å². The van der Waals surface area contributed by atoms with Crippen molar-refractivity contribution in [3.63, 3.8) is 0 Å². The van der Waals surface area contributed by atoms with Crippen LogP contribution in [0.2, 0.25) is 5.02 Å². The summed E-state index contributed by atoms with van der Waals surface area (Å²) in [7, 11) is 1.92. The van der Waals surface area contributed by atoms with Gasteiger partial charge in [-0.25, -0.2) is 4.39 Å². The lowest BCUT2D eigenvalue weighted by atomic mass is 9.98. The third-order valence-corrected chi connectivity index (χ3v) is 3.89. The summed E-state index contributed by atoms with van der Waals surface area (Å²) >= 11 is 6.02. The van der Waals surface area contributed by atoms with Crippen LogP contribution in [0.5, 0.6) is 0 Å². The molecule has 2 aromatic rings. The molecule has 1 unspecified atom stereocenters. The molecule has 0 aliphatic carbocycles. The molecule has 0 spiro atoms. The molecule has 0 heterocycles. The number of rotatable bonds is 5. The van der Waals surface area contributed by atoms with E-state index in [1.165, 1.54) is 17.2 Å². The average Bonchev–Trinajstić information content (AvgIpc) is 2.43. The summed E-state index contributed by atoms with van der Waals surface area (Å²) < 4.78 is 13.5. The first kappa shape index (κ1) is 15.0. The lowest BCUT2D eigenvalue weighted by Gasteiger charge is -2.17. The maximum atomic E-state index is 13.5. The zero-order valence-corrected chi connectivity index (χ0v) is 12.5. The Balaban J connectivity index is 2.11. The maximum Gasteiger partial charge on any atom is 0.142 e. The van der Waals surface area contributed by atoms with E-state index in [0.29, 0.717) is 6.42 Å². The Bertz CT molecular complexity index is 583. The van der Waals surface area contributed by atoms with Crippen molar-refractivity contribution in [1.82, 2.24) is 5.32 Å². The molecule has 0 saturated heterocycles. The summed E-state index contributed by atoms with van der Waals surface area (Å²) in [5.41, 5.74) is 3.37. The van der Waals surface area contributed by atoms with Crippen molar-refractivity contribution in [2.75, 3.05) is 7.05 Å². The summed E-state index contributed by atoms with van der Waals surface area (Å²) in [5.74, 6) is -0.352. The SMILES string of the molecule is CNC(Cc1cccc(C)c1)Cc1cccc(F)c1Cl. The minimum Gasteiger partial charge on any atom is -0.316 e. The first-order chi connectivity index (χ1) is 9.60. The van der Waals surface area contributed by atoms with Gasteiger partial charge in [0.15, 0.2) is 0 Å². The molecule has 0 aromatic heterocycles. The van der Waals surface area contributed by atoms with Gasteiger partial charge in [-0.2, -0.15) is 0 Å². The van der Waals surface area contributed by atoms with Crippen LogP contribution >= 0.6 is 11.6 Å². The molecule has 1 atom stereocenters. The summed E-state index contributed by atoms with van der Waals surface area (Å²) in [4.78, 5) is 0. The first-order valence-corrected chi connectivity index (χ1v) is 7.13. The molecule has 1 nitrogen and oxygen atoms in total. The van der Waals surface area contributed by atoms with Crippen LogP contribution in [0, 0.1) is 12.7 Å². The van der Waals surface area contributed by atoms with Crippen LogP contribution in [0.4, 0.5) is 4.39 Å². The van der Waals surface area contributed by atoms with E-state index in [1.807, 2.05) is 13.1 Å². The summed E-state index contributed by atoms with van der Waals surface area (Å²) in [5, 5.41) is 3.52. The second-order valence-corrected chi connectivity index (χ2v) is 5.47. The highest BCUT2D eigenvalue weighted by Crippen LogP contribution is 2.21. The van der Waals surface area contributed by atoms with E-state index in [1.54, 1.807) is 6.07 Å². The van der Waals surface area contributed by atoms with E-state index in [0.717, 1.165) is 12.0 Å². The van der Waals surface area contributed by atoms with Crippen molar-refractivity contribution in [3.05, 3.63) is 70.0 Å². The third-order valence-electron chi connectivity index (χ3n) is 3.47. The minimum atomic E-state index is -0.352. The fraction of sp³-hybridized carbons (Fsp3) is 0.294. The van der Waals surface area contributed by atoms with E-state index in [-0.39, 0.29) is 16.9 Å². The van der Waals surface area contributed by atoms with Gasteiger partial charge in [0, 0.05) is 6.04 Å². The van der Waals surface area contributed by atoms with Gasteiger partial charge < -0.3 is 5.32 Å². The number of hydrogen-bond acceptors (Lipinski definition) is 1. The molecular weight excluding hydrogens is 273 g/mol. The van der Waals surface area contributed by atoms with Crippen molar-refractivity contribution < 1.29 is 4.39 Å². The smallest absolute Gasteiger partial charge is 0.142 e. The number of likely N-dealkylation sites (N-methyl/N-ethyl adjacent to an activating group) is 1. The predicted molar refractivity (Wildman–Crippen MR) is 82.8 cm³/mol. The normalized spacial score (nSPS) is 12.4. The zero-order valence-electron chi connectivity index (χ0n) is 11.8. The Kier molecular flexibility index (Phi) is 5.16. The van der Waals surface area contributed by atoms with Gasteiger partial charge in [-0.05, 0) is 44.0 Å². The maximum absolute atomic E-state index is 13.5. The van der Waals surface area contributed by atoms with E-state index in [9.17, 15) is 4.39 Å². The zero-order chi connectivity index (χ0) is 14.5. The molecule has 20 heavy (non-hydrogen) atoms. The summed E-state index contributed by atoms with van der Waals surface area (Å²) in [6.45, 7) is 2.08. The van der Waals surface area contributed by atoms with Crippen LogP contribution in [-0.4, -0.2) is 13.1 Å². The molecule has 0 amide bonds. The largest absolute Gasteiger partial charge is 0.316 e. The summed E-state index contributed by atoms with van der Waals surface area (Å²) in [6.07, 6.45) is 1.60. The Morgan fingerprint density at radius 2 is 1.90 bits per heavy atom. The van der Waals surface area contributed by atoms with Crippen LogP contribution in [0.3, 0.4) is 0 Å². The van der Waals surface area contributed by atoms with Gasteiger partial charge in [0.05, 0.1) is 5.02 Å². The molecule has 0 aliphatic heterocycles. The molecule has 0 radical (unpaired) electrons. The lowest BCUT2D eigenvalue weighted by molar-refractivity contribution is 0.553. The first-order valence-electron chi connectivity index (χ1n) is 6.76. The Labute approximate surface area is 124 Å². The second kappa shape index (κ2) is 6.87. The highest BCUT2D eigenvalue weighted by atomic mass is 35.5. The Morgan fingerprint density at radius 1 is 1.15 bits per heavy atom. The van der Waals surface area contributed by atoms with Gasteiger partial charge in [-0.1, -0.05) is 53.6 Å². The summed E-state index contributed by atoms with van der Waals surface area (Å²) in [6, 6.07) is 13.6. The molecular formula is C17H19ClFN. The number of hydrogen-bond donors (Lipinski definition) is 1. The number of halogens is 2. The van der Waals surface area contributed by atoms with Crippen LogP contribution in [0.15, 0.2) is 42.5 Å². The molecule has 0 saturated carbocycles. The highest BCUT2D eigenvalue weighted by molar-refractivity contribution is 6.31. The molecule has 1 N–H and O–H groups in total. The van der Waals surface area contributed by atoms with Crippen molar-refractivity contribution >= 4 is 11.6 Å². The average molecular weight is 292 g/mol. The second-order valence-electron chi connectivity index (χ2n) is 5.10. The molecule has 0 fully saturated rings. The van der Waals surface area contributed by atoms with E-state index in [2.05, 4.69) is 36.5 Å². The van der Waals surface area contributed by atoms with Crippen LogP contribution < -0.4 is 5.32 Å². The van der Waals surface area contributed by atoms with Gasteiger partial charge >= 0.3 is 0 Å². The highest BCUT2D eigenvalue weighted by Gasteiger charge is 2.12. The fourth-order valence-electron chi connectivity index (χ4n) is 2.37. The lowest BCUT2D eigenvalue weighted by Crippen LogP contribution is -2.30. The molecule has 2 rings (SSSR count). The van der Waals surface area contributed by atoms with Gasteiger partial charge in [0.2, 0.25) is 0 Å². The predicted octanol–water partition coefficient (Wildman–Crippen LogP) is 4.16. The standard InChI is InChI=1S/C17H19ClFN/c1-12-5-3-6-13(9-12)10-15(20-2)11-14-7-4-8-16(19)17(14)18/h3-9,15,20H,10-11H2,1-2H3. The van der Waals surface area contributed by atoms with Crippen molar-refractivity contribution in [2.45, 2.75) is 25.8 Å². The Hall–Kier alpha value is -1.38. The topological polar surface area (TPSA) is 12.0 Å². The fourth-order valence-corrected chi connectivity index (χ4v) is 2.57. The van der Waals surface area contributed by atoms with E-state index >= 15 is 0 Å². The molecule has 106 valence electrons. The molecule has 3 heteroatoms. The molecule has 0 bridgehead atoms. The van der Waals surface area contributed by atoms with E-state index in [4.69, 9.17) is 11.6 Å². The quantitative estimate of drug-likeness (QED) is 0.872. The van der Waals surface area contributed by atoms with Gasteiger partial charge in [0.1, 0.15) is 5.82 Å². The van der Waals surface area contributed by atoms with Crippen molar-refractivity contribution in [3.8, 4) is 0 Å².